The van der Waals surface area contributed by atoms with Gasteiger partial charge in [0.1, 0.15) is 0 Å². The number of hydrogen-bond donors (Lipinski definition) is 2. The largest absolute Gasteiger partial charge is 0.481 e. The Balaban J connectivity index is 5.36. The highest BCUT2D eigenvalue weighted by Gasteiger charge is 2.47. The first-order chi connectivity index (χ1) is 7.15. The third-order valence-electron chi connectivity index (χ3n) is 3.29. The number of sulfonamides is 1. The van der Waals surface area contributed by atoms with Crippen LogP contribution in [-0.4, -0.2) is 29.8 Å². The molecule has 0 aromatic heterocycles. The van der Waals surface area contributed by atoms with Crippen molar-refractivity contribution in [3.05, 3.63) is 0 Å². The molecule has 0 unspecified atom stereocenters. The van der Waals surface area contributed by atoms with Gasteiger partial charge < -0.3 is 5.11 Å². The van der Waals surface area contributed by atoms with E-state index in [1.54, 1.807) is 34.6 Å². The standard InChI is InChI=1S/C11H23NO4S/c1-9(2,3)17(15,16)12-11(6,7)10(4,5)8(13)14/h12H,1-7H3,(H,13,14). The van der Waals surface area contributed by atoms with Crippen molar-refractivity contribution in [2.45, 2.75) is 58.8 Å². The van der Waals surface area contributed by atoms with E-state index >= 15 is 0 Å². The molecule has 2 N–H and O–H groups in total. The quantitative estimate of drug-likeness (QED) is 0.808. The molecule has 17 heavy (non-hydrogen) atoms. The summed E-state index contributed by atoms with van der Waals surface area (Å²) in [6, 6.07) is 0. The van der Waals surface area contributed by atoms with Gasteiger partial charge >= 0.3 is 5.97 Å². The molecule has 6 heteroatoms. The molecule has 0 saturated carbocycles. The van der Waals surface area contributed by atoms with Gasteiger partial charge in [0.15, 0.2) is 0 Å². The highest BCUT2D eigenvalue weighted by atomic mass is 32.2. The number of carboxylic acids is 1. The zero-order valence-electron chi connectivity index (χ0n) is 11.6. The monoisotopic (exact) mass is 265 g/mol. The molecule has 0 fully saturated rings. The molecule has 0 aromatic rings. The first-order valence-electron chi connectivity index (χ1n) is 5.42. The van der Waals surface area contributed by atoms with E-state index in [4.69, 9.17) is 5.11 Å². The van der Waals surface area contributed by atoms with Crippen LogP contribution in [0.15, 0.2) is 0 Å². The Labute approximate surface area is 104 Å². The van der Waals surface area contributed by atoms with Crippen LogP contribution >= 0.6 is 0 Å². The highest BCUT2D eigenvalue weighted by molar-refractivity contribution is 7.90. The summed E-state index contributed by atoms with van der Waals surface area (Å²) in [6.45, 7) is 10.9. The van der Waals surface area contributed by atoms with Crippen molar-refractivity contribution in [3.63, 3.8) is 0 Å². The molecular formula is C11H23NO4S. The lowest BCUT2D eigenvalue weighted by atomic mass is 9.75. The maximum Gasteiger partial charge on any atom is 0.310 e. The average molecular weight is 265 g/mol. The summed E-state index contributed by atoms with van der Waals surface area (Å²) in [5, 5.41) is 9.14. The third-order valence-corrected chi connectivity index (χ3v) is 5.68. The van der Waals surface area contributed by atoms with Crippen LogP contribution in [-0.2, 0) is 14.8 Å². The van der Waals surface area contributed by atoms with Crippen molar-refractivity contribution in [1.29, 1.82) is 0 Å². The fraction of sp³-hybridized carbons (Fsp3) is 0.909. The first-order valence-corrected chi connectivity index (χ1v) is 6.90. The van der Waals surface area contributed by atoms with E-state index in [9.17, 15) is 13.2 Å². The topological polar surface area (TPSA) is 83.5 Å². The molecule has 0 radical (unpaired) electrons. The third kappa shape index (κ3) is 3.19. The van der Waals surface area contributed by atoms with E-state index in [0.29, 0.717) is 0 Å². The molecule has 0 atom stereocenters. The Morgan fingerprint density at radius 3 is 1.59 bits per heavy atom. The van der Waals surface area contributed by atoms with E-state index < -0.39 is 31.7 Å². The van der Waals surface area contributed by atoms with Gasteiger partial charge in [0.25, 0.3) is 0 Å². The van der Waals surface area contributed by atoms with Crippen LogP contribution in [0.1, 0.15) is 48.5 Å². The SMILES string of the molecule is CC(C)(NS(=O)(=O)C(C)(C)C)C(C)(C)C(=O)O. The minimum atomic E-state index is -3.59. The summed E-state index contributed by atoms with van der Waals surface area (Å²) in [6.07, 6.45) is 0. The smallest absolute Gasteiger partial charge is 0.310 e. The second-order valence-electron chi connectivity index (χ2n) is 6.27. The first kappa shape index (κ1) is 16.4. The highest BCUT2D eigenvalue weighted by Crippen LogP contribution is 2.32. The van der Waals surface area contributed by atoms with Crippen molar-refractivity contribution in [2.24, 2.45) is 5.41 Å². The van der Waals surface area contributed by atoms with E-state index in [0.717, 1.165) is 0 Å². The molecule has 0 aliphatic rings. The van der Waals surface area contributed by atoms with Crippen molar-refractivity contribution in [2.75, 3.05) is 0 Å². The van der Waals surface area contributed by atoms with Gasteiger partial charge in [-0.3, -0.25) is 4.79 Å². The summed E-state index contributed by atoms with van der Waals surface area (Å²) < 4.78 is 25.6. The lowest BCUT2D eigenvalue weighted by molar-refractivity contribution is -0.150. The van der Waals surface area contributed by atoms with Gasteiger partial charge in [-0.25, -0.2) is 13.1 Å². The van der Waals surface area contributed by atoms with Crippen LogP contribution in [0.25, 0.3) is 0 Å². The summed E-state index contributed by atoms with van der Waals surface area (Å²) in [7, 11) is -3.59. The van der Waals surface area contributed by atoms with E-state index in [2.05, 4.69) is 4.72 Å². The summed E-state index contributed by atoms with van der Waals surface area (Å²) >= 11 is 0. The van der Waals surface area contributed by atoms with Gasteiger partial charge in [0.2, 0.25) is 10.0 Å². The van der Waals surface area contributed by atoms with Crippen molar-refractivity contribution in [1.82, 2.24) is 4.72 Å². The molecule has 0 saturated heterocycles. The molecular weight excluding hydrogens is 242 g/mol. The molecule has 0 aromatic carbocycles. The van der Waals surface area contributed by atoms with Crippen LogP contribution in [0.4, 0.5) is 0 Å². The molecule has 0 aliphatic carbocycles. The molecule has 0 rings (SSSR count). The lowest BCUT2D eigenvalue weighted by Gasteiger charge is -2.40. The van der Waals surface area contributed by atoms with Gasteiger partial charge in [-0.2, -0.15) is 0 Å². The number of hydrogen-bond acceptors (Lipinski definition) is 3. The zero-order valence-corrected chi connectivity index (χ0v) is 12.4. The fourth-order valence-electron chi connectivity index (χ4n) is 0.884. The van der Waals surface area contributed by atoms with Crippen molar-refractivity contribution >= 4 is 16.0 Å². The van der Waals surface area contributed by atoms with Gasteiger partial charge in [-0.05, 0) is 48.5 Å². The van der Waals surface area contributed by atoms with Crippen molar-refractivity contribution in [3.8, 4) is 0 Å². The van der Waals surface area contributed by atoms with Crippen LogP contribution in [0.2, 0.25) is 0 Å². The second-order valence-corrected chi connectivity index (χ2v) is 8.71. The fourth-order valence-corrected chi connectivity index (χ4v) is 2.12. The van der Waals surface area contributed by atoms with Crippen LogP contribution in [0, 0.1) is 5.41 Å². The van der Waals surface area contributed by atoms with Crippen LogP contribution in [0.3, 0.4) is 0 Å². The zero-order chi connectivity index (χ0) is 14.3. The molecule has 0 amide bonds. The molecule has 0 aliphatic heterocycles. The van der Waals surface area contributed by atoms with E-state index in [1.165, 1.54) is 13.8 Å². The minimum Gasteiger partial charge on any atom is -0.481 e. The molecule has 102 valence electrons. The summed E-state index contributed by atoms with van der Waals surface area (Å²) in [5.74, 6) is -1.04. The van der Waals surface area contributed by atoms with Crippen molar-refractivity contribution < 1.29 is 18.3 Å². The van der Waals surface area contributed by atoms with E-state index in [-0.39, 0.29) is 0 Å². The molecule has 0 heterocycles. The minimum absolute atomic E-state index is 0.973. The average Bonchev–Trinajstić information content (AvgIpc) is 1.98. The Kier molecular flexibility index (Phi) is 4.09. The Hall–Kier alpha value is -0.620. The van der Waals surface area contributed by atoms with Crippen LogP contribution < -0.4 is 4.72 Å². The Morgan fingerprint density at radius 2 is 1.35 bits per heavy atom. The second kappa shape index (κ2) is 4.24. The predicted molar refractivity (Wildman–Crippen MR) is 67.3 cm³/mol. The Bertz CT molecular complexity index is 402. The number of rotatable bonds is 4. The van der Waals surface area contributed by atoms with Gasteiger partial charge in [0.05, 0.1) is 10.2 Å². The van der Waals surface area contributed by atoms with E-state index in [1.807, 2.05) is 0 Å². The number of aliphatic carboxylic acids is 1. The van der Waals surface area contributed by atoms with Gasteiger partial charge in [0, 0.05) is 5.54 Å². The lowest BCUT2D eigenvalue weighted by Crippen LogP contribution is -2.59. The molecule has 0 bridgehead atoms. The summed E-state index contributed by atoms with van der Waals surface area (Å²) in [4.78, 5) is 11.2. The number of nitrogens with one attached hydrogen (secondary N) is 1. The normalized spacial score (nSPS) is 14.8. The predicted octanol–water partition coefficient (Wildman–Crippen LogP) is 1.59. The van der Waals surface area contributed by atoms with Gasteiger partial charge in [-0.15, -0.1) is 0 Å². The van der Waals surface area contributed by atoms with Crippen LogP contribution in [0.5, 0.6) is 0 Å². The molecule has 5 nitrogen and oxygen atoms in total. The Morgan fingerprint density at radius 1 is 1.00 bits per heavy atom. The number of carbonyl (C=O) groups is 1. The number of carboxylic acid groups (broad SMARTS) is 1. The summed E-state index contributed by atoms with van der Waals surface area (Å²) in [5.41, 5.74) is -2.28. The van der Waals surface area contributed by atoms with Gasteiger partial charge in [-0.1, -0.05) is 0 Å². The maximum atomic E-state index is 12.0. The molecule has 0 spiro atoms. The maximum absolute atomic E-state index is 12.0.